The standard InChI is InChI=1S/C20H23N3O5/c1-27-20(26)18-17(16-14(28-18)4-2-10-21-16)22-19(25)12-6-8-13(9-7-12)23-11-3-5-15(23)24/h2,4,10,12-13H,3,5-9,11H2,1H3,(H,22,25). The monoisotopic (exact) mass is 385 g/mol. The molecule has 1 N–H and O–H groups in total. The molecule has 0 atom stereocenters. The van der Waals surface area contributed by atoms with E-state index in [1.807, 2.05) is 4.90 Å². The quantitative estimate of drug-likeness (QED) is 0.812. The van der Waals surface area contributed by atoms with E-state index >= 15 is 0 Å². The van der Waals surface area contributed by atoms with Gasteiger partial charge in [0.05, 0.1) is 7.11 Å². The highest BCUT2D eigenvalue weighted by atomic mass is 16.5. The zero-order chi connectivity index (χ0) is 19.7. The summed E-state index contributed by atoms with van der Waals surface area (Å²) in [6.45, 7) is 0.829. The SMILES string of the molecule is COC(=O)c1oc2cccnc2c1NC(=O)C1CCC(N2CCCC2=O)CC1. The number of fused-ring (bicyclic) bond motifs is 1. The van der Waals surface area contributed by atoms with Crippen molar-refractivity contribution in [3.63, 3.8) is 0 Å². The van der Waals surface area contributed by atoms with Crippen LogP contribution < -0.4 is 5.32 Å². The number of anilines is 1. The highest BCUT2D eigenvalue weighted by Gasteiger charge is 2.34. The van der Waals surface area contributed by atoms with Crippen LogP contribution in [0, 0.1) is 5.92 Å². The van der Waals surface area contributed by atoms with Crippen LogP contribution in [0.3, 0.4) is 0 Å². The number of likely N-dealkylation sites (tertiary alicyclic amines) is 1. The predicted molar refractivity (Wildman–Crippen MR) is 101 cm³/mol. The zero-order valence-electron chi connectivity index (χ0n) is 15.8. The molecule has 4 rings (SSSR count). The molecule has 2 amide bonds. The van der Waals surface area contributed by atoms with Crippen LogP contribution in [0.5, 0.6) is 0 Å². The Morgan fingerprint density at radius 3 is 2.75 bits per heavy atom. The van der Waals surface area contributed by atoms with E-state index in [9.17, 15) is 14.4 Å². The number of carbonyl (C=O) groups excluding carboxylic acids is 3. The maximum atomic E-state index is 12.9. The molecule has 2 aromatic heterocycles. The van der Waals surface area contributed by atoms with Crippen LogP contribution >= 0.6 is 0 Å². The normalized spacial score (nSPS) is 22.5. The number of methoxy groups -OCH3 is 1. The van der Waals surface area contributed by atoms with Crippen LogP contribution in [0.2, 0.25) is 0 Å². The Morgan fingerprint density at radius 1 is 1.29 bits per heavy atom. The van der Waals surface area contributed by atoms with Crippen LogP contribution in [0.1, 0.15) is 49.1 Å². The van der Waals surface area contributed by atoms with Gasteiger partial charge in [-0.05, 0) is 44.2 Å². The third kappa shape index (κ3) is 3.34. The number of furan rings is 1. The van der Waals surface area contributed by atoms with Crippen molar-refractivity contribution in [3.8, 4) is 0 Å². The minimum absolute atomic E-state index is 0.0547. The minimum atomic E-state index is -0.662. The molecule has 28 heavy (non-hydrogen) atoms. The van der Waals surface area contributed by atoms with E-state index in [4.69, 9.17) is 9.15 Å². The smallest absolute Gasteiger partial charge is 0.376 e. The lowest BCUT2D eigenvalue weighted by atomic mass is 9.84. The van der Waals surface area contributed by atoms with Gasteiger partial charge in [0.2, 0.25) is 17.6 Å². The van der Waals surface area contributed by atoms with Crippen molar-refractivity contribution < 1.29 is 23.5 Å². The maximum absolute atomic E-state index is 12.9. The van der Waals surface area contributed by atoms with Gasteiger partial charge in [-0.1, -0.05) is 0 Å². The Bertz CT molecular complexity index is 914. The molecule has 2 fully saturated rings. The second-order valence-corrected chi connectivity index (χ2v) is 7.33. The van der Waals surface area contributed by atoms with Crippen molar-refractivity contribution >= 4 is 34.6 Å². The molecule has 0 aromatic carbocycles. The van der Waals surface area contributed by atoms with Crippen molar-refractivity contribution in [2.75, 3.05) is 19.0 Å². The molecule has 1 aliphatic heterocycles. The largest absolute Gasteiger partial charge is 0.463 e. The van der Waals surface area contributed by atoms with Gasteiger partial charge in [-0.25, -0.2) is 4.79 Å². The van der Waals surface area contributed by atoms with Gasteiger partial charge in [0.15, 0.2) is 5.58 Å². The van der Waals surface area contributed by atoms with E-state index in [-0.39, 0.29) is 35.2 Å². The Kier molecular flexibility index (Phi) is 5.02. The zero-order valence-corrected chi connectivity index (χ0v) is 15.8. The number of hydrogen-bond donors (Lipinski definition) is 1. The average Bonchev–Trinajstić information content (AvgIpc) is 3.31. The summed E-state index contributed by atoms with van der Waals surface area (Å²) < 4.78 is 10.3. The molecular weight excluding hydrogens is 362 g/mol. The number of carbonyl (C=O) groups is 3. The van der Waals surface area contributed by atoms with Gasteiger partial charge in [0, 0.05) is 31.1 Å². The summed E-state index contributed by atoms with van der Waals surface area (Å²) in [5, 5.41) is 2.84. The molecule has 2 aliphatic rings. The molecule has 3 heterocycles. The number of nitrogens with zero attached hydrogens (tertiary/aromatic N) is 2. The first-order valence-electron chi connectivity index (χ1n) is 9.64. The molecule has 1 saturated heterocycles. The van der Waals surface area contributed by atoms with Gasteiger partial charge < -0.3 is 19.4 Å². The van der Waals surface area contributed by atoms with E-state index in [1.165, 1.54) is 7.11 Å². The number of ether oxygens (including phenoxy) is 1. The summed E-state index contributed by atoms with van der Waals surface area (Å²) in [7, 11) is 1.26. The minimum Gasteiger partial charge on any atom is -0.463 e. The second kappa shape index (κ2) is 7.61. The summed E-state index contributed by atoms with van der Waals surface area (Å²) in [6, 6.07) is 3.61. The van der Waals surface area contributed by atoms with Crippen LogP contribution in [0.15, 0.2) is 22.7 Å². The van der Waals surface area contributed by atoms with Gasteiger partial charge in [-0.15, -0.1) is 0 Å². The Balaban J connectivity index is 1.47. The molecule has 0 bridgehead atoms. The Hall–Kier alpha value is -2.90. The van der Waals surface area contributed by atoms with Crippen LogP contribution in [-0.4, -0.2) is 47.4 Å². The Morgan fingerprint density at radius 2 is 2.07 bits per heavy atom. The average molecular weight is 385 g/mol. The lowest BCUT2D eigenvalue weighted by molar-refractivity contribution is -0.130. The molecule has 0 unspecified atom stereocenters. The van der Waals surface area contributed by atoms with Crippen LogP contribution in [0.4, 0.5) is 5.69 Å². The third-order valence-electron chi connectivity index (χ3n) is 5.68. The lowest BCUT2D eigenvalue weighted by Crippen LogP contribution is -2.40. The van der Waals surface area contributed by atoms with Gasteiger partial charge in [-0.2, -0.15) is 0 Å². The van der Waals surface area contributed by atoms with Crippen molar-refractivity contribution in [1.82, 2.24) is 9.88 Å². The number of rotatable bonds is 4. The summed E-state index contributed by atoms with van der Waals surface area (Å²) >= 11 is 0. The molecule has 0 radical (unpaired) electrons. The number of pyridine rings is 1. The number of esters is 1. The Labute approximate surface area is 162 Å². The highest BCUT2D eigenvalue weighted by molar-refractivity contribution is 6.08. The number of nitrogens with one attached hydrogen (secondary N) is 1. The summed E-state index contributed by atoms with van der Waals surface area (Å²) in [5.74, 6) is -0.824. The first kappa shape index (κ1) is 18.5. The fourth-order valence-corrected chi connectivity index (χ4v) is 4.21. The van der Waals surface area contributed by atoms with E-state index < -0.39 is 5.97 Å². The molecule has 0 spiro atoms. The molecule has 8 heteroatoms. The molecule has 148 valence electrons. The fraction of sp³-hybridized carbons (Fsp3) is 0.500. The molecule has 1 saturated carbocycles. The summed E-state index contributed by atoms with van der Waals surface area (Å²) in [6.07, 6.45) is 6.18. The second-order valence-electron chi connectivity index (χ2n) is 7.33. The van der Waals surface area contributed by atoms with Crippen molar-refractivity contribution in [1.29, 1.82) is 0 Å². The van der Waals surface area contributed by atoms with Crippen molar-refractivity contribution in [2.24, 2.45) is 5.92 Å². The molecule has 8 nitrogen and oxygen atoms in total. The first-order valence-corrected chi connectivity index (χ1v) is 9.64. The number of amides is 2. The highest BCUT2D eigenvalue weighted by Crippen LogP contribution is 2.33. The van der Waals surface area contributed by atoms with E-state index in [1.54, 1.807) is 18.3 Å². The topological polar surface area (TPSA) is 102 Å². The molecular formula is C20H23N3O5. The summed E-state index contributed by atoms with van der Waals surface area (Å²) in [5.41, 5.74) is 1.09. The van der Waals surface area contributed by atoms with E-state index in [0.29, 0.717) is 30.4 Å². The van der Waals surface area contributed by atoms with E-state index in [0.717, 1.165) is 25.8 Å². The van der Waals surface area contributed by atoms with Crippen LogP contribution in [0.25, 0.3) is 11.1 Å². The van der Waals surface area contributed by atoms with Gasteiger partial charge in [-0.3, -0.25) is 14.6 Å². The van der Waals surface area contributed by atoms with Crippen LogP contribution in [-0.2, 0) is 14.3 Å². The first-order chi connectivity index (χ1) is 13.6. The van der Waals surface area contributed by atoms with Gasteiger partial charge >= 0.3 is 5.97 Å². The third-order valence-corrected chi connectivity index (χ3v) is 5.68. The summed E-state index contributed by atoms with van der Waals surface area (Å²) in [4.78, 5) is 43.0. The molecule has 2 aromatic rings. The number of aromatic nitrogens is 1. The molecule has 1 aliphatic carbocycles. The van der Waals surface area contributed by atoms with Gasteiger partial charge in [0.25, 0.3) is 0 Å². The van der Waals surface area contributed by atoms with Crippen molar-refractivity contribution in [3.05, 3.63) is 24.1 Å². The van der Waals surface area contributed by atoms with Crippen molar-refractivity contribution in [2.45, 2.75) is 44.6 Å². The number of hydrogen-bond acceptors (Lipinski definition) is 6. The van der Waals surface area contributed by atoms with Gasteiger partial charge in [0.1, 0.15) is 11.2 Å². The fourth-order valence-electron chi connectivity index (χ4n) is 4.21. The predicted octanol–water partition coefficient (Wildman–Crippen LogP) is 2.73. The lowest BCUT2D eigenvalue weighted by Gasteiger charge is -2.34. The maximum Gasteiger partial charge on any atom is 0.376 e. The van der Waals surface area contributed by atoms with E-state index in [2.05, 4.69) is 10.3 Å².